The number of likely N-dealkylation sites (N-methyl/N-ethyl adjacent to an activating group) is 1. The molecule has 0 aromatic carbocycles. The van der Waals surface area contributed by atoms with Gasteiger partial charge in [-0.15, -0.1) is 0 Å². The Morgan fingerprint density at radius 1 is 1.29 bits per heavy atom. The summed E-state index contributed by atoms with van der Waals surface area (Å²) in [6.07, 6.45) is 5.03. The number of aliphatic hydroxyl groups excluding tert-OH is 1. The van der Waals surface area contributed by atoms with E-state index in [1.165, 1.54) is 45.4 Å². The Bertz CT molecular complexity index is 223. The van der Waals surface area contributed by atoms with E-state index in [1.807, 2.05) is 7.05 Å². The van der Waals surface area contributed by atoms with Gasteiger partial charge in [-0.25, -0.2) is 0 Å². The molecular formula is C13H27N3O. The molecule has 4 nitrogen and oxygen atoms in total. The second kappa shape index (κ2) is 6.69. The van der Waals surface area contributed by atoms with Crippen LogP contribution in [-0.4, -0.2) is 73.4 Å². The SMILES string of the molecule is CNC(CCO)CN1CCN2CCCCC2C1. The molecule has 2 rings (SSSR count). The first kappa shape index (κ1) is 13.3. The average Bonchev–Trinajstić information content (AvgIpc) is 2.38. The molecule has 2 N–H and O–H groups in total. The fourth-order valence-corrected chi connectivity index (χ4v) is 3.18. The minimum atomic E-state index is 0.287. The molecule has 0 aromatic heterocycles. The van der Waals surface area contributed by atoms with Crippen LogP contribution in [0.15, 0.2) is 0 Å². The monoisotopic (exact) mass is 241 g/mol. The van der Waals surface area contributed by atoms with Crippen LogP contribution in [0.3, 0.4) is 0 Å². The molecule has 0 saturated carbocycles. The third-order valence-corrected chi connectivity index (χ3v) is 4.29. The smallest absolute Gasteiger partial charge is 0.0446 e. The van der Waals surface area contributed by atoms with Gasteiger partial charge in [-0.1, -0.05) is 6.42 Å². The first-order chi connectivity index (χ1) is 8.33. The summed E-state index contributed by atoms with van der Waals surface area (Å²) in [6, 6.07) is 1.24. The summed E-state index contributed by atoms with van der Waals surface area (Å²) in [5.41, 5.74) is 0. The molecular weight excluding hydrogens is 214 g/mol. The van der Waals surface area contributed by atoms with Crippen LogP contribution in [0.2, 0.25) is 0 Å². The number of piperidine rings is 1. The Balaban J connectivity index is 1.78. The van der Waals surface area contributed by atoms with Crippen molar-refractivity contribution in [3.8, 4) is 0 Å². The quantitative estimate of drug-likeness (QED) is 0.717. The number of fused-ring (bicyclic) bond motifs is 1. The summed E-state index contributed by atoms with van der Waals surface area (Å²) >= 11 is 0. The number of piperazine rings is 1. The van der Waals surface area contributed by atoms with Crippen molar-refractivity contribution in [2.45, 2.75) is 37.8 Å². The minimum Gasteiger partial charge on any atom is -0.396 e. The Labute approximate surface area is 105 Å². The number of nitrogens with one attached hydrogen (secondary N) is 1. The van der Waals surface area contributed by atoms with Gasteiger partial charge in [0.25, 0.3) is 0 Å². The summed E-state index contributed by atoms with van der Waals surface area (Å²) in [7, 11) is 2.00. The van der Waals surface area contributed by atoms with Gasteiger partial charge in [0.05, 0.1) is 0 Å². The van der Waals surface area contributed by atoms with Crippen LogP contribution in [0, 0.1) is 0 Å². The molecule has 2 heterocycles. The Kier molecular flexibility index (Phi) is 5.22. The fourth-order valence-electron chi connectivity index (χ4n) is 3.18. The van der Waals surface area contributed by atoms with E-state index >= 15 is 0 Å². The molecule has 0 aliphatic carbocycles. The first-order valence-electron chi connectivity index (χ1n) is 7.08. The zero-order valence-electron chi connectivity index (χ0n) is 11.1. The third kappa shape index (κ3) is 3.65. The van der Waals surface area contributed by atoms with Crippen molar-refractivity contribution in [3.63, 3.8) is 0 Å². The molecule has 2 fully saturated rings. The number of hydrogen-bond donors (Lipinski definition) is 2. The molecule has 100 valence electrons. The highest BCUT2D eigenvalue weighted by Gasteiger charge is 2.29. The number of aliphatic hydroxyl groups is 1. The van der Waals surface area contributed by atoms with Gasteiger partial charge in [0, 0.05) is 44.9 Å². The van der Waals surface area contributed by atoms with E-state index in [0.717, 1.165) is 19.0 Å². The lowest BCUT2D eigenvalue weighted by atomic mass is 9.99. The lowest BCUT2D eigenvalue weighted by Crippen LogP contribution is -2.56. The summed E-state index contributed by atoms with van der Waals surface area (Å²) in [6.45, 7) is 6.34. The van der Waals surface area contributed by atoms with E-state index in [9.17, 15) is 0 Å². The van der Waals surface area contributed by atoms with Crippen molar-refractivity contribution in [2.75, 3.05) is 46.4 Å². The lowest BCUT2D eigenvalue weighted by Gasteiger charge is -2.44. The van der Waals surface area contributed by atoms with Gasteiger partial charge in [-0.2, -0.15) is 0 Å². The van der Waals surface area contributed by atoms with Crippen molar-refractivity contribution in [3.05, 3.63) is 0 Å². The fraction of sp³-hybridized carbons (Fsp3) is 1.00. The maximum absolute atomic E-state index is 9.02. The molecule has 0 amide bonds. The molecule has 4 heteroatoms. The highest BCUT2D eigenvalue weighted by Crippen LogP contribution is 2.21. The predicted molar refractivity (Wildman–Crippen MR) is 70.2 cm³/mol. The summed E-state index contributed by atoms with van der Waals surface area (Å²) in [5.74, 6) is 0. The van der Waals surface area contributed by atoms with E-state index in [4.69, 9.17) is 5.11 Å². The summed E-state index contributed by atoms with van der Waals surface area (Å²) < 4.78 is 0. The van der Waals surface area contributed by atoms with E-state index in [1.54, 1.807) is 0 Å². The third-order valence-electron chi connectivity index (χ3n) is 4.29. The minimum absolute atomic E-state index is 0.287. The Morgan fingerprint density at radius 3 is 2.94 bits per heavy atom. The number of hydrogen-bond acceptors (Lipinski definition) is 4. The molecule has 0 bridgehead atoms. The van der Waals surface area contributed by atoms with Gasteiger partial charge < -0.3 is 10.4 Å². The predicted octanol–water partition coefficient (Wildman–Crippen LogP) is 0.127. The number of rotatable bonds is 5. The van der Waals surface area contributed by atoms with Gasteiger partial charge in [-0.3, -0.25) is 9.80 Å². The van der Waals surface area contributed by atoms with Crippen LogP contribution >= 0.6 is 0 Å². The van der Waals surface area contributed by atoms with Crippen LogP contribution < -0.4 is 5.32 Å². The maximum Gasteiger partial charge on any atom is 0.0446 e. The standard InChI is InChI=1S/C13H27N3O/c1-14-12(5-9-17)10-15-7-8-16-6-3-2-4-13(16)11-15/h12-14,17H,2-11H2,1H3. The second-order valence-corrected chi connectivity index (χ2v) is 5.44. The van der Waals surface area contributed by atoms with Gasteiger partial charge >= 0.3 is 0 Å². The van der Waals surface area contributed by atoms with E-state index in [2.05, 4.69) is 15.1 Å². The molecule has 0 aromatic rings. The van der Waals surface area contributed by atoms with Crippen LogP contribution in [0.4, 0.5) is 0 Å². The highest BCUT2D eigenvalue weighted by atomic mass is 16.3. The largest absolute Gasteiger partial charge is 0.396 e. The van der Waals surface area contributed by atoms with Crippen molar-refractivity contribution in [1.82, 2.24) is 15.1 Å². The zero-order valence-corrected chi connectivity index (χ0v) is 11.1. The normalized spacial score (nSPS) is 28.9. The molecule has 17 heavy (non-hydrogen) atoms. The Hall–Kier alpha value is -0.160. The molecule has 2 saturated heterocycles. The van der Waals surface area contributed by atoms with Gasteiger partial charge in [0.2, 0.25) is 0 Å². The summed E-state index contributed by atoms with van der Waals surface area (Å²) in [5, 5.41) is 12.3. The molecule has 2 atom stereocenters. The van der Waals surface area contributed by atoms with Crippen LogP contribution in [0.25, 0.3) is 0 Å². The summed E-state index contributed by atoms with van der Waals surface area (Å²) in [4.78, 5) is 5.24. The molecule has 0 spiro atoms. The van der Waals surface area contributed by atoms with Crippen molar-refractivity contribution >= 4 is 0 Å². The average molecular weight is 241 g/mol. The van der Waals surface area contributed by atoms with Gasteiger partial charge in [-0.05, 0) is 32.9 Å². The van der Waals surface area contributed by atoms with Gasteiger partial charge in [0.1, 0.15) is 0 Å². The van der Waals surface area contributed by atoms with Crippen LogP contribution in [-0.2, 0) is 0 Å². The van der Waals surface area contributed by atoms with Crippen molar-refractivity contribution < 1.29 is 5.11 Å². The molecule has 2 unspecified atom stereocenters. The van der Waals surface area contributed by atoms with Crippen molar-refractivity contribution in [2.24, 2.45) is 0 Å². The number of nitrogens with zero attached hydrogens (tertiary/aromatic N) is 2. The van der Waals surface area contributed by atoms with Gasteiger partial charge in [0.15, 0.2) is 0 Å². The van der Waals surface area contributed by atoms with Crippen molar-refractivity contribution in [1.29, 1.82) is 0 Å². The highest BCUT2D eigenvalue weighted by molar-refractivity contribution is 4.86. The molecule has 0 radical (unpaired) electrons. The molecule has 2 aliphatic heterocycles. The molecule has 2 aliphatic rings. The first-order valence-corrected chi connectivity index (χ1v) is 7.08. The van der Waals surface area contributed by atoms with Crippen LogP contribution in [0.5, 0.6) is 0 Å². The maximum atomic E-state index is 9.02. The Morgan fingerprint density at radius 2 is 2.18 bits per heavy atom. The zero-order chi connectivity index (χ0) is 12.1. The topological polar surface area (TPSA) is 38.7 Å². The van der Waals surface area contributed by atoms with E-state index in [0.29, 0.717) is 6.04 Å². The van der Waals surface area contributed by atoms with Crippen LogP contribution in [0.1, 0.15) is 25.7 Å². The van der Waals surface area contributed by atoms with E-state index < -0.39 is 0 Å². The lowest BCUT2D eigenvalue weighted by molar-refractivity contribution is 0.0437. The van der Waals surface area contributed by atoms with E-state index in [-0.39, 0.29) is 6.61 Å². The second-order valence-electron chi connectivity index (χ2n) is 5.44.